The Labute approximate surface area is 116 Å². The third kappa shape index (κ3) is 3.59. The maximum absolute atomic E-state index is 9.07. The summed E-state index contributed by atoms with van der Waals surface area (Å²) >= 11 is 0. The summed E-state index contributed by atoms with van der Waals surface area (Å²) in [6.45, 7) is 6.63. The summed E-state index contributed by atoms with van der Waals surface area (Å²) in [4.78, 5) is 4.07. The molecule has 1 rings (SSSR count). The van der Waals surface area contributed by atoms with Gasteiger partial charge in [-0.15, -0.1) is 5.54 Å². The van der Waals surface area contributed by atoms with E-state index in [1.807, 2.05) is 0 Å². The van der Waals surface area contributed by atoms with Crippen molar-refractivity contribution in [3.05, 3.63) is 23.5 Å². The van der Waals surface area contributed by atoms with E-state index in [2.05, 4.69) is 43.3 Å². The largest absolute Gasteiger partial charge is 0.495 e. The van der Waals surface area contributed by atoms with Crippen LogP contribution in [0.4, 0.5) is 0 Å². The van der Waals surface area contributed by atoms with E-state index >= 15 is 0 Å². The molecule has 0 N–H and O–H groups in total. The van der Waals surface area contributed by atoms with Crippen LogP contribution in [0.5, 0.6) is 5.75 Å². The standard InChI is InChI=1S/C15H20N2OSi/c1-5-19(6-2,7-3)9-8-13-10-14(18-4)12-17-15(13)11-16/h10,12H,5-7H2,1-4H3. The molecule has 100 valence electrons. The fraction of sp³-hybridized carbons (Fsp3) is 0.467. The lowest BCUT2D eigenvalue weighted by Crippen LogP contribution is -2.29. The van der Waals surface area contributed by atoms with Crippen LogP contribution in [0.1, 0.15) is 32.0 Å². The van der Waals surface area contributed by atoms with Gasteiger partial charge in [-0.2, -0.15) is 5.26 Å². The minimum atomic E-state index is -1.50. The van der Waals surface area contributed by atoms with Crippen LogP contribution >= 0.6 is 0 Å². The van der Waals surface area contributed by atoms with E-state index in [1.165, 1.54) is 0 Å². The average Bonchev–Trinajstić information content (AvgIpc) is 2.49. The number of methoxy groups -OCH3 is 1. The van der Waals surface area contributed by atoms with Gasteiger partial charge in [0.1, 0.15) is 19.9 Å². The Kier molecular flexibility index (Phi) is 5.60. The molecule has 0 aliphatic carbocycles. The van der Waals surface area contributed by atoms with Crippen LogP contribution in [-0.4, -0.2) is 20.2 Å². The number of pyridine rings is 1. The number of rotatable bonds is 4. The van der Waals surface area contributed by atoms with Gasteiger partial charge in [-0.25, -0.2) is 4.98 Å². The van der Waals surface area contributed by atoms with Gasteiger partial charge < -0.3 is 4.74 Å². The summed E-state index contributed by atoms with van der Waals surface area (Å²) < 4.78 is 5.14. The molecule has 4 heteroatoms. The number of nitriles is 1. The molecule has 1 aromatic heterocycles. The molecule has 0 saturated heterocycles. The van der Waals surface area contributed by atoms with Crippen molar-refractivity contribution < 1.29 is 4.74 Å². The van der Waals surface area contributed by atoms with E-state index in [-0.39, 0.29) is 0 Å². The SMILES string of the molecule is CC[Si](C#Cc1cc(OC)cnc1C#N)(CC)CC. The molecule has 0 aliphatic heterocycles. The van der Waals surface area contributed by atoms with Crippen LogP contribution in [0.15, 0.2) is 12.3 Å². The van der Waals surface area contributed by atoms with Crippen LogP contribution < -0.4 is 4.74 Å². The lowest BCUT2D eigenvalue weighted by atomic mass is 10.2. The van der Waals surface area contributed by atoms with E-state index in [9.17, 15) is 0 Å². The van der Waals surface area contributed by atoms with Gasteiger partial charge in [0.15, 0.2) is 5.69 Å². The van der Waals surface area contributed by atoms with E-state index in [0.29, 0.717) is 17.0 Å². The molecule has 3 nitrogen and oxygen atoms in total. The Balaban J connectivity index is 3.22. The molecular weight excluding hydrogens is 252 g/mol. The molecule has 1 heterocycles. The Morgan fingerprint density at radius 1 is 1.26 bits per heavy atom. The number of nitrogens with zero attached hydrogens (tertiary/aromatic N) is 2. The summed E-state index contributed by atoms with van der Waals surface area (Å²) in [5.41, 5.74) is 4.52. The molecule has 0 saturated carbocycles. The lowest BCUT2D eigenvalue weighted by molar-refractivity contribution is 0.412. The van der Waals surface area contributed by atoms with Crippen molar-refractivity contribution >= 4 is 8.07 Å². The van der Waals surface area contributed by atoms with Gasteiger partial charge in [-0.1, -0.05) is 26.7 Å². The predicted octanol–water partition coefficient (Wildman–Crippen LogP) is 3.36. The van der Waals surface area contributed by atoms with Gasteiger partial charge >= 0.3 is 0 Å². The van der Waals surface area contributed by atoms with Crippen LogP contribution in [-0.2, 0) is 0 Å². The van der Waals surface area contributed by atoms with Crippen molar-refractivity contribution in [2.24, 2.45) is 0 Å². The maximum Gasteiger partial charge on any atom is 0.156 e. The van der Waals surface area contributed by atoms with Gasteiger partial charge in [0.2, 0.25) is 0 Å². The molecule has 0 unspecified atom stereocenters. The van der Waals surface area contributed by atoms with Gasteiger partial charge in [0.25, 0.3) is 0 Å². The van der Waals surface area contributed by atoms with E-state index in [1.54, 1.807) is 19.4 Å². The number of hydrogen-bond donors (Lipinski definition) is 0. The quantitative estimate of drug-likeness (QED) is 0.623. The van der Waals surface area contributed by atoms with Crippen LogP contribution in [0, 0.1) is 22.8 Å². The first kappa shape index (κ1) is 15.3. The van der Waals surface area contributed by atoms with Crippen molar-refractivity contribution in [1.29, 1.82) is 5.26 Å². The molecule has 0 aromatic carbocycles. The Hall–Kier alpha value is -1.78. The van der Waals surface area contributed by atoms with Crippen LogP contribution in [0.3, 0.4) is 0 Å². The summed E-state index contributed by atoms with van der Waals surface area (Å²) in [6, 6.07) is 7.31. The first-order valence-electron chi connectivity index (χ1n) is 6.62. The van der Waals surface area contributed by atoms with E-state index in [0.717, 1.165) is 18.1 Å². The zero-order chi connectivity index (χ0) is 14.3. The summed E-state index contributed by atoms with van der Waals surface area (Å²) in [7, 11) is 0.0842. The second-order valence-electron chi connectivity index (χ2n) is 4.47. The molecule has 0 bridgehead atoms. The molecule has 19 heavy (non-hydrogen) atoms. The maximum atomic E-state index is 9.07. The van der Waals surface area contributed by atoms with Gasteiger partial charge in [-0.05, 0) is 18.1 Å². The van der Waals surface area contributed by atoms with Crippen LogP contribution in [0.2, 0.25) is 18.1 Å². The van der Waals surface area contributed by atoms with E-state index < -0.39 is 8.07 Å². The Morgan fingerprint density at radius 2 is 1.89 bits per heavy atom. The summed E-state index contributed by atoms with van der Waals surface area (Å²) in [6.07, 6.45) is 1.55. The summed E-state index contributed by atoms with van der Waals surface area (Å²) in [5.74, 6) is 3.82. The van der Waals surface area contributed by atoms with Crippen LogP contribution in [0.25, 0.3) is 0 Å². The number of ether oxygens (including phenoxy) is 1. The highest BCUT2D eigenvalue weighted by Crippen LogP contribution is 2.20. The molecule has 0 aliphatic rings. The highest BCUT2D eigenvalue weighted by Gasteiger charge is 2.24. The van der Waals surface area contributed by atoms with Gasteiger partial charge in [0, 0.05) is 6.07 Å². The molecular formula is C15H20N2OSi. The first-order valence-corrected chi connectivity index (χ1v) is 9.24. The average molecular weight is 272 g/mol. The monoisotopic (exact) mass is 272 g/mol. The summed E-state index contributed by atoms with van der Waals surface area (Å²) in [5, 5.41) is 9.07. The number of aromatic nitrogens is 1. The molecule has 0 spiro atoms. The van der Waals surface area contributed by atoms with Gasteiger partial charge in [0.05, 0.1) is 18.9 Å². The predicted molar refractivity (Wildman–Crippen MR) is 79.6 cm³/mol. The van der Waals surface area contributed by atoms with Crippen molar-refractivity contribution in [2.75, 3.05) is 7.11 Å². The van der Waals surface area contributed by atoms with Crippen molar-refractivity contribution in [2.45, 2.75) is 38.9 Å². The Bertz CT molecular complexity index is 525. The third-order valence-electron chi connectivity index (χ3n) is 3.70. The molecule has 0 fully saturated rings. The number of hydrogen-bond acceptors (Lipinski definition) is 3. The minimum absolute atomic E-state index is 0.375. The smallest absolute Gasteiger partial charge is 0.156 e. The first-order chi connectivity index (χ1) is 9.14. The van der Waals surface area contributed by atoms with Crippen molar-refractivity contribution in [1.82, 2.24) is 4.98 Å². The second-order valence-corrected chi connectivity index (χ2v) is 9.41. The zero-order valence-corrected chi connectivity index (χ0v) is 13.1. The highest BCUT2D eigenvalue weighted by molar-refractivity contribution is 6.87. The fourth-order valence-corrected chi connectivity index (χ4v) is 4.39. The fourth-order valence-electron chi connectivity index (χ4n) is 1.96. The zero-order valence-electron chi connectivity index (χ0n) is 12.1. The van der Waals surface area contributed by atoms with Gasteiger partial charge in [-0.3, -0.25) is 0 Å². The third-order valence-corrected chi connectivity index (χ3v) is 8.41. The highest BCUT2D eigenvalue weighted by atomic mass is 28.3. The second kappa shape index (κ2) is 6.97. The molecule has 0 radical (unpaired) electrons. The van der Waals surface area contributed by atoms with E-state index in [4.69, 9.17) is 10.00 Å². The lowest BCUT2D eigenvalue weighted by Gasteiger charge is -2.20. The van der Waals surface area contributed by atoms with Crippen molar-refractivity contribution in [3.63, 3.8) is 0 Å². The Morgan fingerprint density at radius 3 is 2.37 bits per heavy atom. The minimum Gasteiger partial charge on any atom is -0.495 e. The topological polar surface area (TPSA) is 45.9 Å². The van der Waals surface area contributed by atoms with Crippen molar-refractivity contribution in [3.8, 4) is 23.3 Å². The molecule has 1 aromatic rings. The molecule has 0 atom stereocenters. The normalized spacial score (nSPS) is 10.3. The molecule has 0 amide bonds.